The van der Waals surface area contributed by atoms with Crippen LogP contribution in [0.3, 0.4) is 0 Å². The van der Waals surface area contributed by atoms with E-state index >= 15 is 0 Å². The summed E-state index contributed by atoms with van der Waals surface area (Å²) >= 11 is 6.19. The van der Waals surface area contributed by atoms with Crippen LogP contribution >= 0.6 is 11.6 Å². The predicted molar refractivity (Wildman–Crippen MR) is 74.8 cm³/mol. The molecule has 3 nitrogen and oxygen atoms in total. The van der Waals surface area contributed by atoms with Crippen molar-refractivity contribution in [2.75, 3.05) is 26.2 Å². The Labute approximate surface area is 118 Å². The molecule has 1 aromatic rings. The third kappa shape index (κ3) is 3.26. The van der Waals surface area contributed by atoms with Crippen molar-refractivity contribution in [3.8, 4) is 0 Å². The average Bonchev–Trinajstić information content (AvgIpc) is 2.39. The fraction of sp³-hybridized carbons (Fsp3) is 0.571. The van der Waals surface area contributed by atoms with Crippen LogP contribution < -0.4 is 5.73 Å². The third-order valence-electron chi connectivity index (χ3n) is 3.48. The van der Waals surface area contributed by atoms with Crippen molar-refractivity contribution in [1.29, 1.82) is 0 Å². The molecular formula is C14H20ClFN2O. The van der Waals surface area contributed by atoms with Gasteiger partial charge in [-0.2, -0.15) is 0 Å². The summed E-state index contributed by atoms with van der Waals surface area (Å²) in [6, 6.07) is 4.53. The summed E-state index contributed by atoms with van der Waals surface area (Å²) in [5.74, 6) is -0.322. The highest BCUT2D eigenvalue weighted by Crippen LogP contribution is 2.34. The molecule has 0 radical (unpaired) electrons. The first-order chi connectivity index (χ1) is 9.17. The van der Waals surface area contributed by atoms with Gasteiger partial charge in [-0.05, 0) is 30.7 Å². The number of ether oxygens (including phenoxy) is 1. The van der Waals surface area contributed by atoms with Gasteiger partial charge < -0.3 is 10.5 Å². The van der Waals surface area contributed by atoms with Crippen molar-refractivity contribution in [1.82, 2.24) is 4.90 Å². The third-order valence-corrected chi connectivity index (χ3v) is 3.81. The van der Waals surface area contributed by atoms with Gasteiger partial charge in [0, 0.05) is 18.1 Å². The highest BCUT2D eigenvalue weighted by Gasteiger charge is 2.33. The number of rotatable bonds is 4. The van der Waals surface area contributed by atoms with E-state index in [1.54, 1.807) is 6.07 Å². The van der Waals surface area contributed by atoms with E-state index in [1.165, 1.54) is 12.1 Å². The number of hydrogen-bond donors (Lipinski definition) is 1. The van der Waals surface area contributed by atoms with Crippen molar-refractivity contribution in [3.63, 3.8) is 0 Å². The topological polar surface area (TPSA) is 38.5 Å². The van der Waals surface area contributed by atoms with Crippen LogP contribution in [-0.4, -0.2) is 37.2 Å². The molecule has 0 spiro atoms. The lowest BCUT2D eigenvalue weighted by atomic mass is 9.97. The zero-order chi connectivity index (χ0) is 13.8. The number of benzene rings is 1. The molecule has 0 aliphatic carbocycles. The summed E-state index contributed by atoms with van der Waals surface area (Å²) in [6.07, 6.45) is 0.954. The molecule has 2 unspecified atom stereocenters. The molecule has 1 fully saturated rings. The first kappa shape index (κ1) is 14.7. The Morgan fingerprint density at radius 1 is 1.53 bits per heavy atom. The number of morpholine rings is 1. The molecule has 2 rings (SSSR count). The van der Waals surface area contributed by atoms with Crippen LogP contribution in [0.4, 0.5) is 4.39 Å². The first-order valence-corrected chi connectivity index (χ1v) is 7.05. The fourth-order valence-corrected chi connectivity index (χ4v) is 2.94. The smallest absolute Gasteiger partial charge is 0.124 e. The monoisotopic (exact) mass is 286 g/mol. The van der Waals surface area contributed by atoms with Crippen molar-refractivity contribution < 1.29 is 9.13 Å². The Hall–Kier alpha value is -0.680. The highest BCUT2D eigenvalue weighted by molar-refractivity contribution is 6.31. The van der Waals surface area contributed by atoms with E-state index in [0.717, 1.165) is 25.1 Å². The molecule has 1 aliphatic rings. The van der Waals surface area contributed by atoms with Gasteiger partial charge >= 0.3 is 0 Å². The Balaban J connectivity index is 2.33. The van der Waals surface area contributed by atoms with E-state index in [2.05, 4.69) is 11.8 Å². The van der Waals surface area contributed by atoms with Crippen LogP contribution in [0, 0.1) is 5.82 Å². The quantitative estimate of drug-likeness (QED) is 0.925. The number of hydrogen-bond acceptors (Lipinski definition) is 3. The van der Waals surface area contributed by atoms with E-state index in [-0.39, 0.29) is 18.0 Å². The van der Waals surface area contributed by atoms with Gasteiger partial charge in [-0.15, -0.1) is 0 Å². The fourth-order valence-electron chi connectivity index (χ4n) is 2.66. The molecule has 1 saturated heterocycles. The Morgan fingerprint density at radius 3 is 2.95 bits per heavy atom. The summed E-state index contributed by atoms with van der Waals surface area (Å²) in [5.41, 5.74) is 6.70. The maximum Gasteiger partial charge on any atom is 0.124 e. The van der Waals surface area contributed by atoms with Gasteiger partial charge in [-0.25, -0.2) is 4.39 Å². The molecule has 5 heteroatoms. The van der Waals surface area contributed by atoms with E-state index < -0.39 is 0 Å². The highest BCUT2D eigenvalue weighted by atomic mass is 35.5. The molecule has 19 heavy (non-hydrogen) atoms. The van der Waals surface area contributed by atoms with Gasteiger partial charge in [0.05, 0.1) is 18.8 Å². The zero-order valence-electron chi connectivity index (χ0n) is 11.1. The van der Waals surface area contributed by atoms with Gasteiger partial charge in [0.1, 0.15) is 5.82 Å². The maximum atomic E-state index is 13.2. The van der Waals surface area contributed by atoms with Gasteiger partial charge in [0.25, 0.3) is 0 Å². The molecule has 1 aliphatic heterocycles. The summed E-state index contributed by atoms with van der Waals surface area (Å²) in [4.78, 5) is 2.32. The van der Waals surface area contributed by atoms with Gasteiger partial charge in [0.15, 0.2) is 0 Å². The minimum atomic E-state index is -0.322. The van der Waals surface area contributed by atoms with Crippen molar-refractivity contribution >= 4 is 11.6 Å². The van der Waals surface area contributed by atoms with E-state index in [9.17, 15) is 4.39 Å². The predicted octanol–water partition coefficient (Wildman–Crippen LogP) is 2.59. The molecule has 1 heterocycles. The number of nitrogens with two attached hydrogens (primary N) is 1. The normalized spacial score (nSPS) is 24.6. The van der Waals surface area contributed by atoms with Gasteiger partial charge in [-0.3, -0.25) is 4.90 Å². The Kier molecular flexibility index (Phi) is 5.16. The molecule has 2 N–H and O–H groups in total. The lowest BCUT2D eigenvalue weighted by Crippen LogP contribution is -2.48. The molecule has 0 amide bonds. The molecule has 106 valence electrons. The van der Waals surface area contributed by atoms with E-state index in [4.69, 9.17) is 22.1 Å². The van der Waals surface area contributed by atoms with Gasteiger partial charge in [0.2, 0.25) is 0 Å². The summed E-state index contributed by atoms with van der Waals surface area (Å²) in [5, 5.41) is 0.440. The second-order valence-corrected chi connectivity index (χ2v) is 5.20. The molecule has 2 atom stereocenters. The zero-order valence-corrected chi connectivity index (χ0v) is 11.9. The first-order valence-electron chi connectivity index (χ1n) is 6.68. The summed E-state index contributed by atoms with van der Waals surface area (Å²) < 4.78 is 18.9. The van der Waals surface area contributed by atoms with Crippen molar-refractivity contribution in [2.24, 2.45) is 5.73 Å². The molecule has 1 aromatic carbocycles. The molecule has 0 bridgehead atoms. The standard InChI is InChI=1S/C14H20ClFN2O/c1-2-5-18-6-7-19-13(9-17)14(18)11-4-3-10(16)8-12(11)15/h3-4,8,13-14H,2,5-7,9,17H2,1H3. The number of halogens is 2. The summed E-state index contributed by atoms with van der Waals surface area (Å²) in [6.45, 7) is 5.05. The molecule has 0 saturated carbocycles. The summed E-state index contributed by atoms with van der Waals surface area (Å²) in [7, 11) is 0. The lowest BCUT2D eigenvalue weighted by molar-refractivity contribution is -0.0676. The minimum absolute atomic E-state index is 0.00630. The van der Waals surface area contributed by atoms with E-state index in [1.807, 2.05) is 0 Å². The lowest BCUT2D eigenvalue weighted by Gasteiger charge is -2.41. The molecular weight excluding hydrogens is 267 g/mol. The minimum Gasteiger partial charge on any atom is -0.374 e. The maximum absolute atomic E-state index is 13.2. The largest absolute Gasteiger partial charge is 0.374 e. The number of nitrogens with zero attached hydrogens (tertiary/aromatic N) is 1. The van der Waals surface area contributed by atoms with Crippen LogP contribution in [-0.2, 0) is 4.74 Å². The van der Waals surface area contributed by atoms with Crippen LogP contribution in [0.5, 0.6) is 0 Å². The Morgan fingerprint density at radius 2 is 2.32 bits per heavy atom. The van der Waals surface area contributed by atoms with Crippen LogP contribution in [0.15, 0.2) is 18.2 Å². The SMILES string of the molecule is CCCN1CCOC(CN)C1c1ccc(F)cc1Cl. The van der Waals surface area contributed by atoms with Crippen LogP contribution in [0.25, 0.3) is 0 Å². The van der Waals surface area contributed by atoms with Crippen molar-refractivity contribution in [2.45, 2.75) is 25.5 Å². The van der Waals surface area contributed by atoms with Gasteiger partial charge in [-0.1, -0.05) is 24.6 Å². The Bertz CT molecular complexity index is 428. The second-order valence-electron chi connectivity index (χ2n) is 4.79. The second kappa shape index (κ2) is 6.66. The van der Waals surface area contributed by atoms with E-state index in [0.29, 0.717) is 18.2 Å². The van der Waals surface area contributed by atoms with Crippen LogP contribution in [0.2, 0.25) is 5.02 Å². The van der Waals surface area contributed by atoms with Crippen molar-refractivity contribution in [3.05, 3.63) is 34.6 Å². The average molecular weight is 287 g/mol. The van der Waals surface area contributed by atoms with Crippen LogP contribution in [0.1, 0.15) is 24.9 Å². The molecule has 0 aromatic heterocycles.